The summed E-state index contributed by atoms with van der Waals surface area (Å²) >= 11 is 0. The molecule has 2 aromatic rings. The first-order valence-electron chi connectivity index (χ1n) is 9.79. The van der Waals surface area contributed by atoms with Crippen LogP contribution in [-0.4, -0.2) is 32.8 Å². The summed E-state index contributed by atoms with van der Waals surface area (Å²) in [7, 11) is -3.60. The molecule has 0 bridgehead atoms. The molecular formula is C24H21N3O3S. The van der Waals surface area contributed by atoms with Gasteiger partial charge in [0.2, 0.25) is 9.84 Å². The lowest BCUT2D eigenvalue weighted by Crippen LogP contribution is -2.28. The van der Waals surface area contributed by atoms with Crippen molar-refractivity contribution in [2.45, 2.75) is 22.8 Å². The van der Waals surface area contributed by atoms with E-state index in [4.69, 9.17) is 0 Å². The van der Waals surface area contributed by atoms with Gasteiger partial charge in [0.1, 0.15) is 5.71 Å². The Hall–Kier alpha value is -3.58. The van der Waals surface area contributed by atoms with Gasteiger partial charge in [-0.05, 0) is 54.0 Å². The van der Waals surface area contributed by atoms with E-state index >= 15 is 0 Å². The lowest BCUT2D eigenvalue weighted by molar-refractivity contribution is -0.114. The molecule has 0 aromatic heterocycles. The maximum Gasteiger partial charge on any atom is 0.270 e. The van der Waals surface area contributed by atoms with Gasteiger partial charge in [0.05, 0.1) is 22.0 Å². The highest BCUT2D eigenvalue weighted by Gasteiger charge is 2.20. The number of hydrogen-bond acceptors (Lipinski definition) is 5. The number of dihydropyridines is 1. The molecule has 0 fully saturated rings. The lowest BCUT2D eigenvalue weighted by Gasteiger charge is -2.08. The zero-order valence-electron chi connectivity index (χ0n) is 16.8. The molecule has 1 amide bonds. The van der Waals surface area contributed by atoms with E-state index in [1.54, 1.807) is 73.0 Å². The fourth-order valence-electron chi connectivity index (χ4n) is 3.30. The molecule has 2 aromatic carbocycles. The summed E-state index contributed by atoms with van der Waals surface area (Å²) in [5.74, 6) is -0.279. The van der Waals surface area contributed by atoms with Crippen LogP contribution in [-0.2, 0) is 27.6 Å². The molecule has 1 N–H and O–H groups in total. The molecule has 156 valence electrons. The van der Waals surface area contributed by atoms with Crippen LogP contribution in [0.25, 0.3) is 0 Å². The highest BCUT2D eigenvalue weighted by atomic mass is 32.2. The number of aliphatic imine (C=N–C) groups is 2. The van der Waals surface area contributed by atoms with Crippen molar-refractivity contribution in [3.05, 3.63) is 95.7 Å². The minimum atomic E-state index is -3.60. The highest BCUT2D eigenvalue weighted by Crippen LogP contribution is 2.23. The Morgan fingerprint density at radius 1 is 1.03 bits per heavy atom. The maximum atomic E-state index is 12.9. The number of hydrogen-bond donors (Lipinski definition) is 1. The van der Waals surface area contributed by atoms with Crippen molar-refractivity contribution in [3.8, 4) is 0 Å². The predicted octanol–water partition coefficient (Wildman–Crippen LogP) is 3.21. The van der Waals surface area contributed by atoms with Gasteiger partial charge < -0.3 is 5.32 Å². The van der Waals surface area contributed by atoms with E-state index in [2.05, 4.69) is 21.9 Å². The van der Waals surface area contributed by atoms with Crippen LogP contribution in [0.15, 0.2) is 104 Å². The normalized spacial score (nSPS) is 14.9. The number of fused-ring (bicyclic) bond motifs is 1. The molecule has 0 unspecified atom stereocenters. The van der Waals surface area contributed by atoms with E-state index in [-0.39, 0.29) is 22.2 Å². The molecule has 4 rings (SSSR count). The molecule has 0 aliphatic carbocycles. The second-order valence-electron chi connectivity index (χ2n) is 7.18. The average Bonchev–Trinajstić information content (AvgIpc) is 3.23. The van der Waals surface area contributed by atoms with Crippen LogP contribution in [0, 0.1) is 0 Å². The smallest absolute Gasteiger partial charge is 0.270 e. The number of allylic oxidation sites excluding steroid dienone is 2. The van der Waals surface area contributed by atoms with Gasteiger partial charge in [-0.15, -0.1) is 6.58 Å². The first-order valence-corrected chi connectivity index (χ1v) is 11.3. The van der Waals surface area contributed by atoms with Gasteiger partial charge in [0, 0.05) is 18.3 Å². The van der Waals surface area contributed by atoms with Crippen molar-refractivity contribution in [2.24, 2.45) is 9.98 Å². The summed E-state index contributed by atoms with van der Waals surface area (Å²) in [6.45, 7) is 4.48. The monoisotopic (exact) mass is 431 g/mol. The molecule has 0 saturated heterocycles. The number of carbonyl (C=O) groups excluding carboxylic acids is 1. The van der Waals surface area contributed by atoms with Crippen molar-refractivity contribution in [2.75, 3.05) is 6.54 Å². The minimum Gasteiger partial charge on any atom is -0.347 e. The SMILES string of the molecule is C=CCc1ccc(S(=O)(=O)c2ccc(CNC(=O)C3=NC4=CC=NCC4=C3)cc2)cc1. The first-order chi connectivity index (χ1) is 15.0. The molecule has 2 aliphatic rings. The van der Waals surface area contributed by atoms with E-state index in [0.29, 0.717) is 18.7 Å². The van der Waals surface area contributed by atoms with Crippen LogP contribution < -0.4 is 5.32 Å². The van der Waals surface area contributed by atoms with Crippen molar-refractivity contribution >= 4 is 27.7 Å². The van der Waals surface area contributed by atoms with Crippen LogP contribution in [0.2, 0.25) is 0 Å². The summed E-state index contributed by atoms with van der Waals surface area (Å²) in [5.41, 5.74) is 3.85. The van der Waals surface area contributed by atoms with Gasteiger partial charge in [-0.2, -0.15) is 0 Å². The molecule has 0 saturated carbocycles. The van der Waals surface area contributed by atoms with Crippen LogP contribution >= 0.6 is 0 Å². The zero-order chi connectivity index (χ0) is 21.8. The number of nitrogens with one attached hydrogen (secondary N) is 1. The largest absolute Gasteiger partial charge is 0.347 e. The zero-order valence-corrected chi connectivity index (χ0v) is 17.6. The third-order valence-corrected chi connectivity index (χ3v) is 6.80. The molecule has 0 atom stereocenters. The fraction of sp³-hybridized carbons (Fsp3) is 0.125. The van der Waals surface area contributed by atoms with Crippen LogP contribution in [0.4, 0.5) is 0 Å². The summed E-state index contributed by atoms with van der Waals surface area (Å²) in [6.07, 6.45) is 7.67. The number of rotatable bonds is 7. The molecule has 7 heteroatoms. The summed E-state index contributed by atoms with van der Waals surface area (Å²) in [4.78, 5) is 21.3. The van der Waals surface area contributed by atoms with Crippen LogP contribution in [0.5, 0.6) is 0 Å². The summed E-state index contributed by atoms with van der Waals surface area (Å²) < 4.78 is 25.7. The number of sulfone groups is 1. The van der Waals surface area contributed by atoms with Gasteiger partial charge in [0.25, 0.3) is 5.91 Å². The summed E-state index contributed by atoms with van der Waals surface area (Å²) in [5, 5.41) is 2.82. The van der Waals surface area contributed by atoms with E-state index in [0.717, 1.165) is 22.4 Å². The van der Waals surface area contributed by atoms with Gasteiger partial charge in [-0.25, -0.2) is 13.4 Å². The Morgan fingerprint density at radius 3 is 2.29 bits per heavy atom. The van der Waals surface area contributed by atoms with E-state index in [1.807, 2.05) is 0 Å². The van der Waals surface area contributed by atoms with Crippen molar-refractivity contribution < 1.29 is 13.2 Å². The lowest BCUT2D eigenvalue weighted by atomic mass is 10.1. The predicted molar refractivity (Wildman–Crippen MR) is 121 cm³/mol. The number of benzene rings is 2. The summed E-state index contributed by atoms with van der Waals surface area (Å²) in [6, 6.07) is 13.3. The van der Waals surface area contributed by atoms with Gasteiger partial charge in [-0.3, -0.25) is 9.79 Å². The standard InChI is InChI=1S/C24H21N3O3S/c1-2-3-17-4-8-20(9-5-17)31(29,30)21-10-6-18(7-11-21)15-26-24(28)23-14-19-16-25-13-12-22(19)27-23/h2,4-14H,1,3,15-16H2,(H,26,28). The Morgan fingerprint density at radius 2 is 1.68 bits per heavy atom. The van der Waals surface area contributed by atoms with Crippen molar-refractivity contribution in [3.63, 3.8) is 0 Å². The first kappa shape index (κ1) is 20.7. The van der Waals surface area contributed by atoms with Crippen molar-refractivity contribution in [1.29, 1.82) is 0 Å². The maximum absolute atomic E-state index is 12.9. The number of amides is 1. The quantitative estimate of drug-likeness (QED) is 0.683. The number of carbonyl (C=O) groups is 1. The fourth-order valence-corrected chi connectivity index (χ4v) is 4.56. The second kappa shape index (κ2) is 8.65. The third-order valence-electron chi connectivity index (χ3n) is 5.01. The average molecular weight is 432 g/mol. The van der Waals surface area contributed by atoms with Crippen LogP contribution in [0.1, 0.15) is 11.1 Å². The van der Waals surface area contributed by atoms with Gasteiger partial charge >= 0.3 is 0 Å². The number of nitrogens with zero attached hydrogens (tertiary/aromatic N) is 2. The Kier molecular flexibility index (Phi) is 5.77. The molecule has 0 radical (unpaired) electrons. The van der Waals surface area contributed by atoms with Crippen LogP contribution in [0.3, 0.4) is 0 Å². The molecule has 0 spiro atoms. The van der Waals surface area contributed by atoms with E-state index in [1.165, 1.54) is 0 Å². The third kappa shape index (κ3) is 4.46. The second-order valence-corrected chi connectivity index (χ2v) is 9.12. The Bertz CT molecular complexity index is 1250. The minimum absolute atomic E-state index is 0.208. The van der Waals surface area contributed by atoms with Gasteiger partial charge in [0.15, 0.2) is 0 Å². The Labute approximate surface area is 181 Å². The highest BCUT2D eigenvalue weighted by molar-refractivity contribution is 7.91. The molecule has 2 heterocycles. The Balaban J connectivity index is 1.41. The van der Waals surface area contributed by atoms with Gasteiger partial charge in [-0.1, -0.05) is 30.3 Å². The molecular weight excluding hydrogens is 410 g/mol. The van der Waals surface area contributed by atoms with E-state index < -0.39 is 9.84 Å². The molecule has 6 nitrogen and oxygen atoms in total. The van der Waals surface area contributed by atoms with E-state index in [9.17, 15) is 13.2 Å². The molecule has 2 aliphatic heterocycles. The topological polar surface area (TPSA) is 88.0 Å². The molecule has 31 heavy (non-hydrogen) atoms. The van der Waals surface area contributed by atoms with Crippen molar-refractivity contribution in [1.82, 2.24) is 5.32 Å².